The lowest BCUT2D eigenvalue weighted by Crippen LogP contribution is -2.77. The summed E-state index contributed by atoms with van der Waals surface area (Å²) in [7, 11) is -4.17. The standard InChI is InChI=1S/C26H27F3N2O5S/c1-4-37(34,35)30-24-22(31(20-13-26(24,29)14-20)25(33)15(2)36-16(3)32)11-18-10-19(27)12-21(23(18)28)17-8-6-5-7-9-17/h4-10,12,15,20,22,24,30H,1,11,13-14H2,2-3H3/t15-,20?,22?,24?,26?/m1/s1. The number of nitrogens with zero attached hydrogens (tertiary/aromatic N) is 1. The van der Waals surface area contributed by atoms with E-state index in [0.29, 0.717) is 11.0 Å². The van der Waals surface area contributed by atoms with Crippen molar-refractivity contribution in [2.75, 3.05) is 0 Å². The molecule has 37 heavy (non-hydrogen) atoms. The van der Waals surface area contributed by atoms with Crippen molar-refractivity contribution in [3.63, 3.8) is 0 Å². The molecule has 2 aromatic carbocycles. The molecule has 1 N–H and O–H groups in total. The fourth-order valence-electron chi connectivity index (χ4n) is 5.28. The molecule has 198 valence electrons. The van der Waals surface area contributed by atoms with Crippen molar-refractivity contribution in [1.29, 1.82) is 0 Å². The second kappa shape index (κ2) is 9.94. The smallest absolute Gasteiger partial charge is 0.303 e. The third-order valence-electron chi connectivity index (χ3n) is 6.92. The average molecular weight is 537 g/mol. The molecule has 2 aliphatic heterocycles. The zero-order valence-electron chi connectivity index (χ0n) is 20.3. The molecule has 11 heteroatoms. The maximum absolute atomic E-state index is 15.8. The molecule has 3 fully saturated rings. The van der Waals surface area contributed by atoms with Gasteiger partial charge in [-0.25, -0.2) is 26.3 Å². The lowest BCUT2D eigenvalue weighted by molar-refractivity contribution is -0.179. The molecule has 0 radical (unpaired) electrons. The van der Waals surface area contributed by atoms with E-state index in [-0.39, 0.29) is 24.0 Å². The van der Waals surface area contributed by atoms with Gasteiger partial charge in [-0.15, -0.1) is 0 Å². The number of ether oxygens (including phenoxy) is 1. The van der Waals surface area contributed by atoms with Gasteiger partial charge in [-0.05, 0) is 36.6 Å². The molecular formula is C26H27F3N2O5S. The number of alkyl halides is 1. The number of amides is 1. The first kappa shape index (κ1) is 26.9. The lowest BCUT2D eigenvalue weighted by Gasteiger charge is -2.61. The van der Waals surface area contributed by atoms with E-state index in [1.165, 1.54) is 11.8 Å². The van der Waals surface area contributed by atoms with Gasteiger partial charge in [0.05, 0.1) is 12.1 Å². The van der Waals surface area contributed by atoms with Crippen LogP contribution in [0.1, 0.15) is 32.3 Å². The van der Waals surface area contributed by atoms with Crippen molar-refractivity contribution < 1.29 is 35.9 Å². The Kier molecular flexibility index (Phi) is 7.22. The first-order valence-corrected chi connectivity index (χ1v) is 13.3. The van der Waals surface area contributed by atoms with E-state index in [1.807, 2.05) is 0 Å². The Hall–Kier alpha value is -3.18. The number of sulfonamides is 1. The van der Waals surface area contributed by atoms with E-state index in [0.717, 1.165) is 19.1 Å². The van der Waals surface area contributed by atoms with Gasteiger partial charge < -0.3 is 9.64 Å². The summed E-state index contributed by atoms with van der Waals surface area (Å²) in [6.45, 7) is 5.70. The summed E-state index contributed by atoms with van der Waals surface area (Å²) in [6.07, 6.45) is -1.96. The minimum atomic E-state index is -4.17. The van der Waals surface area contributed by atoms with Crippen molar-refractivity contribution in [2.45, 2.75) is 63.0 Å². The van der Waals surface area contributed by atoms with Crippen LogP contribution in [0.25, 0.3) is 11.1 Å². The van der Waals surface area contributed by atoms with E-state index in [1.54, 1.807) is 30.3 Å². The summed E-state index contributed by atoms with van der Waals surface area (Å²) >= 11 is 0. The number of hydrogen-bond acceptors (Lipinski definition) is 5. The minimum Gasteiger partial charge on any atom is -0.453 e. The summed E-state index contributed by atoms with van der Waals surface area (Å²) in [5, 5.41) is 0.613. The Morgan fingerprint density at radius 3 is 2.49 bits per heavy atom. The highest BCUT2D eigenvalue weighted by Gasteiger charge is 2.63. The second-order valence-corrected chi connectivity index (χ2v) is 11.1. The zero-order chi connectivity index (χ0) is 27.1. The second-order valence-electron chi connectivity index (χ2n) is 9.47. The van der Waals surface area contributed by atoms with Gasteiger partial charge in [0.1, 0.15) is 17.3 Å². The van der Waals surface area contributed by atoms with Gasteiger partial charge in [0.25, 0.3) is 5.91 Å². The van der Waals surface area contributed by atoms with Crippen LogP contribution in [0.3, 0.4) is 0 Å². The van der Waals surface area contributed by atoms with E-state index >= 15 is 8.78 Å². The Bertz CT molecular complexity index is 1330. The number of carbonyl (C=O) groups is 2. The van der Waals surface area contributed by atoms with Crippen LogP contribution in [0, 0.1) is 11.6 Å². The van der Waals surface area contributed by atoms with Gasteiger partial charge in [0.2, 0.25) is 10.0 Å². The maximum Gasteiger partial charge on any atom is 0.303 e. The number of hydrogen-bond donors (Lipinski definition) is 1. The number of benzene rings is 2. The largest absolute Gasteiger partial charge is 0.453 e. The molecular weight excluding hydrogens is 509 g/mol. The van der Waals surface area contributed by atoms with Crippen molar-refractivity contribution >= 4 is 21.9 Å². The number of piperidine rings is 2. The van der Waals surface area contributed by atoms with Gasteiger partial charge in [-0.2, -0.15) is 0 Å². The third-order valence-corrected chi connectivity index (χ3v) is 7.95. The van der Waals surface area contributed by atoms with Crippen LogP contribution >= 0.6 is 0 Å². The van der Waals surface area contributed by atoms with Crippen LogP contribution in [-0.2, 0) is 30.8 Å². The molecule has 2 saturated heterocycles. The van der Waals surface area contributed by atoms with Crippen LogP contribution in [0.5, 0.6) is 0 Å². The zero-order valence-corrected chi connectivity index (χ0v) is 21.1. The Labute approximate surface area is 213 Å². The Morgan fingerprint density at radius 2 is 1.89 bits per heavy atom. The number of halogens is 3. The van der Waals surface area contributed by atoms with Gasteiger partial charge in [0.15, 0.2) is 6.10 Å². The highest BCUT2D eigenvalue weighted by Crippen LogP contribution is 2.50. The Balaban J connectivity index is 1.79. The fourth-order valence-corrected chi connectivity index (χ4v) is 6.09. The molecule has 0 spiro atoms. The topological polar surface area (TPSA) is 92.8 Å². The first-order valence-electron chi connectivity index (χ1n) is 11.7. The predicted octanol–water partition coefficient (Wildman–Crippen LogP) is 3.64. The van der Waals surface area contributed by atoms with E-state index < -0.39 is 69.9 Å². The summed E-state index contributed by atoms with van der Waals surface area (Å²) < 4.78 is 78.2. The number of rotatable bonds is 8. The molecule has 5 rings (SSSR count). The molecule has 7 nitrogen and oxygen atoms in total. The molecule has 2 heterocycles. The number of esters is 1. The van der Waals surface area contributed by atoms with Gasteiger partial charge in [-0.3, -0.25) is 9.59 Å². The van der Waals surface area contributed by atoms with Gasteiger partial charge >= 0.3 is 5.97 Å². The summed E-state index contributed by atoms with van der Waals surface area (Å²) in [5.41, 5.74) is -1.79. The average Bonchev–Trinajstić information content (AvgIpc) is 2.82. The Morgan fingerprint density at radius 1 is 1.24 bits per heavy atom. The van der Waals surface area contributed by atoms with E-state index in [9.17, 15) is 22.4 Å². The fraction of sp³-hybridized carbons (Fsp3) is 0.385. The maximum atomic E-state index is 15.8. The normalized spacial score (nSPS) is 25.6. The van der Waals surface area contributed by atoms with E-state index in [2.05, 4.69) is 11.3 Å². The highest BCUT2D eigenvalue weighted by atomic mass is 32.2. The lowest BCUT2D eigenvalue weighted by atomic mass is 9.64. The van der Waals surface area contributed by atoms with Crippen molar-refractivity contribution in [3.8, 4) is 11.1 Å². The molecule has 2 unspecified atom stereocenters. The molecule has 1 amide bonds. The summed E-state index contributed by atoms with van der Waals surface area (Å²) in [4.78, 5) is 26.1. The molecule has 3 atom stereocenters. The SMILES string of the molecule is C=CS(=O)(=O)NC1C(Cc2cc(F)cc(-c3ccccc3)c2F)N(C(=O)[C@@H](C)OC(C)=O)C2CC1(F)C2. The summed E-state index contributed by atoms with van der Waals surface area (Å²) in [5.74, 6) is -2.92. The van der Waals surface area contributed by atoms with Crippen molar-refractivity contribution in [2.24, 2.45) is 0 Å². The van der Waals surface area contributed by atoms with Gasteiger partial charge in [0, 0.05) is 36.8 Å². The van der Waals surface area contributed by atoms with Gasteiger partial charge in [-0.1, -0.05) is 36.9 Å². The van der Waals surface area contributed by atoms with Crippen LogP contribution < -0.4 is 4.72 Å². The predicted molar refractivity (Wildman–Crippen MR) is 130 cm³/mol. The van der Waals surface area contributed by atoms with Crippen LogP contribution in [0.2, 0.25) is 0 Å². The molecule has 1 aliphatic carbocycles. The number of nitrogens with one attached hydrogen (secondary N) is 1. The van der Waals surface area contributed by atoms with Crippen molar-refractivity contribution in [1.82, 2.24) is 9.62 Å². The van der Waals surface area contributed by atoms with E-state index in [4.69, 9.17) is 4.74 Å². The highest BCUT2D eigenvalue weighted by molar-refractivity contribution is 7.92. The molecule has 1 saturated carbocycles. The van der Waals surface area contributed by atoms with Crippen LogP contribution in [0.15, 0.2) is 54.5 Å². The van der Waals surface area contributed by atoms with Crippen molar-refractivity contribution in [3.05, 3.63) is 71.6 Å². The minimum absolute atomic E-state index is 0.0269. The van der Waals surface area contributed by atoms with Crippen LogP contribution in [-0.4, -0.2) is 55.1 Å². The summed E-state index contributed by atoms with van der Waals surface area (Å²) in [6, 6.07) is 6.90. The molecule has 2 bridgehead atoms. The first-order chi connectivity index (χ1) is 17.3. The number of carbonyl (C=O) groups excluding carboxylic acids is 2. The quantitative estimate of drug-likeness (QED) is 0.520. The molecule has 2 aromatic rings. The molecule has 0 aromatic heterocycles. The molecule has 3 aliphatic rings. The number of fused-ring (bicyclic) bond motifs is 2. The van der Waals surface area contributed by atoms with Crippen LogP contribution in [0.4, 0.5) is 13.2 Å². The third kappa shape index (κ3) is 5.28. The monoisotopic (exact) mass is 536 g/mol.